The van der Waals surface area contributed by atoms with E-state index in [2.05, 4.69) is 32.1 Å². The third kappa shape index (κ3) is 10.1. The lowest BCUT2D eigenvalue weighted by molar-refractivity contribution is -0.354. The first-order chi connectivity index (χ1) is 31.6. The van der Waals surface area contributed by atoms with Crippen molar-refractivity contribution < 1.29 is 72.2 Å². The summed E-state index contributed by atoms with van der Waals surface area (Å²) in [6.45, 7) is 11.9. The summed E-state index contributed by atoms with van der Waals surface area (Å²) in [6, 6.07) is 0. The van der Waals surface area contributed by atoms with Crippen LogP contribution in [0.25, 0.3) is 0 Å². The first-order valence-corrected chi connectivity index (χ1v) is 24.4. The van der Waals surface area contributed by atoms with Crippen LogP contribution in [0.1, 0.15) is 99.3 Å². The summed E-state index contributed by atoms with van der Waals surface area (Å²) in [5, 5.41) is 35.0. The minimum atomic E-state index is -1.74. The number of esters is 1. The van der Waals surface area contributed by atoms with E-state index < -0.39 is 109 Å². The van der Waals surface area contributed by atoms with E-state index >= 15 is 0 Å². The monoisotopic (exact) mass is 929 g/mol. The second-order valence-electron chi connectivity index (χ2n) is 20.3. The van der Waals surface area contributed by atoms with Gasteiger partial charge in [0.2, 0.25) is 0 Å². The number of carbonyl (C=O) groups excluding carboxylic acids is 1. The van der Waals surface area contributed by atoms with Crippen LogP contribution in [0.4, 0.5) is 0 Å². The molecule has 21 atom stereocenters. The van der Waals surface area contributed by atoms with E-state index in [1.54, 1.807) is 34.3 Å². The number of fused-ring (bicyclic) bond motifs is 2. The van der Waals surface area contributed by atoms with Crippen LogP contribution < -0.4 is 0 Å². The highest BCUT2D eigenvalue weighted by molar-refractivity contribution is 5.78. The number of aliphatic hydroxyl groups excluding tert-OH is 2. The van der Waals surface area contributed by atoms with Crippen molar-refractivity contribution >= 4 is 5.97 Å². The summed E-state index contributed by atoms with van der Waals surface area (Å²) in [5.74, 6) is -2.90. The molecule has 2 aliphatic carbocycles. The lowest BCUT2D eigenvalue weighted by Crippen LogP contribution is -2.60. The van der Waals surface area contributed by atoms with Crippen LogP contribution >= 0.6 is 0 Å². The number of carbonyl (C=O) groups is 1. The second-order valence-corrected chi connectivity index (χ2v) is 20.3. The Morgan fingerprint density at radius 1 is 0.803 bits per heavy atom. The van der Waals surface area contributed by atoms with E-state index in [0.29, 0.717) is 31.3 Å². The van der Waals surface area contributed by atoms with Crippen molar-refractivity contribution in [2.45, 2.75) is 203 Å². The molecule has 0 saturated carbocycles. The van der Waals surface area contributed by atoms with Crippen LogP contribution in [0, 0.1) is 23.7 Å². The average Bonchev–Trinajstić information content (AvgIpc) is 3.63. The van der Waals surface area contributed by atoms with Gasteiger partial charge in [0.15, 0.2) is 18.4 Å². The summed E-state index contributed by atoms with van der Waals surface area (Å²) >= 11 is 0. The Balaban J connectivity index is 1.09. The fourth-order valence-electron chi connectivity index (χ4n) is 12.0. The molecule has 15 nitrogen and oxygen atoms in total. The third-order valence-electron chi connectivity index (χ3n) is 15.8. The molecule has 0 amide bonds. The molecule has 1 spiro atoms. The van der Waals surface area contributed by atoms with Crippen LogP contribution in [0.2, 0.25) is 0 Å². The fourth-order valence-corrected chi connectivity index (χ4v) is 12.0. The highest BCUT2D eigenvalue weighted by Crippen LogP contribution is 2.49. The van der Waals surface area contributed by atoms with Crippen molar-refractivity contribution in [3.8, 4) is 0 Å². The minimum Gasteiger partial charge on any atom is -0.462 e. The van der Waals surface area contributed by atoms with E-state index in [1.165, 1.54) is 0 Å². The molecule has 370 valence electrons. The van der Waals surface area contributed by atoms with Gasteiger partial charge in [-0.25, -0.2) is 0 Å². The van der Waals surface area contributed by atoms with Crippen molar-refractivity contribution in [3.63, 3.8) is 0 Å². The molecule has 66 heavy (non-hydrogen) atoms. The first kappa shape index (κ1) is 50.1. The zero-order valence-electron chi connectivity index (χ0n) is 40.3. The second kappa shape index (κ2) is 20.9. The predicted octanol–water partition coefficient (Wildman–Crippen LogP) is 5.54. The minimum absolute atomic E-state index is 0.0978. The van der Waals surface area contributed by atoms with Gasteiger partial charge in [0, 0.05) is 65.3 Å². The van der Waals surface area contributed by atoms with E-state index in [4.69, 9.17) is 52.1 Å². The van der Waals surface area contributed by atoms with Gasteiger partial charge in [-0.1, -0.05) is 56.4 Å². The standard InChI is InChI=1S/C51H76O15/c1-27-14-13-17-34-26-59-48-45(58-9)29(3)20-37(51(34,48)55)49(54)62-36-21-35(65-50(24-36)25-38(52)30(4)46(66-50)33-15-11-10-12-16-33)19-18-28(2)44(27)63-42-23-40(57-8)47(32(6)61-42)64-41-22-39(56-7)43(53)31(5)60-41/h10-11,13-14,17-18,20,27,30-33,35-48,52-53,55H,12,15-16,19,21-26H2,1-9H3/b14-13-,28-18-,34-17?/t27-,30-,31-,32-,33?,35+,36-,37-,38?,39-,40-,41-,42-,43-,44-,45+,46?,47-,48+,50-,51+/m0/s1. The smallest absolute Gasteiger partial charge is 0.316 e. The molecule has 2 bridgehead atoms. The van der Waals surface area contributed by atoms with Crippen molar-refractivity contribution in [1.82, 2.24) is 0 Å². The molecule has 0 radical (unpaired) electrons. The number of hydrogen-bond donors (Lipinski definition) is 3. The Kier molecular flexibility index (Phi) is 15.9. The molecule has 0 aromatic heterocycles. The average molecular weight is 929 g/mol. The fraction of sp³-hybridized carbons (Fsp3) is 0.784. The maximum atomic E-state index is 14.6. The van der Waals surface area contributed by atoms with Crippen molar-refractivity contribution in [2.24, 2.45) is 23.7 Å². The van der Waals surface area contributed by atoms with Gasteiger partial charge in [-0.3, -0.25) is 4.79 Å². The first-order valence-electron chi connectivity index (χ1n) is 24.4. The quantitative estimate of drug-likeness (QED) is 0.204. The van der Waals surface area contributed by atoms with Gasteiger partial charge in [0.1, 0.15) is 42.0 Å². The zero-order chi connectivity index (χ0) is 47.1. The molecule has 15 heteroatoms. The maximum Gasteiger partial charge on any atom is 0.316 e. The van der Waals surface area contributed by atoms with Gasteiger partial charge in [-0.15, -0.1) is 0 Å². The Labute approximate surface area is 390 Å². The van der Waals surface area contributed by atoms with Crippen molar-refractivity contribution in [3.05, 3.63) is 59.3 Å². The Morgan fingerprint density at radius 2 is 1.55 bits per heavy atom. The van der Waals surface area contributed by atoms with Crippen molar-refractivity contribution in [2.75, 3.05) is 27.9 Å². The summed E-state index contributed by atoms with van der Waals surface area (Å²) in [6.07, 6.45) is 10.8. The SMILES string of the molecule is CO[C@H]1C[C@H](O[C@H]2[C@H](C)O[C@@H](O[C@@H]3/C(C)=C\C[C@@H]4C[C@@H](C[C@]5(CC(O)[C@H](C)C(C6CC=CCC6)O5)O4)OC(=O)[C@@H]4C=C(C)[C@@H](OC)[C@H]5OCC(=C/C=C\[C@@H]3C)[C@]54O)C[C@@H]2OC)O[C@@H](C)[C@@H]1O. The summed E-state index contributed by atoms with van der Waals surface area (Å²) in [5.41, 5.74) is 0.523. The molecular formula is C51H76O15. The Bertz CT molecular complexity index is 1850. The molecule has 6 aliphatic heterocycles. The van der Waals surface area contributed by atoms with E-state index in [-0.39, 0.29) is 43.3 Å². The molecule has 3 N–H and O–H groups in total. The predicted molar refractivity (Wildman–Crippen MR) is 241 cm³/mol. The van der Waals surface area contributed by atoms with Gasteiger partial charge in [0.25, 0.3) is 0 Å². The molecule has 5 saturated heterocycles. The number of aliphatic hydroxyl groups is 3. The van der Waals surface area contributed by atoms with Gasteiger partial charge in [-0.2, -0.15) is 0 Å². The molecule has 8 aliphatic rings. The third-order valence-corrected chi connectivity index (χ3v) is 15.8. The number of methoxy groups -OCH3 is 3. The van der Waals surface area contributed by atoms with E-state index in [9.17, 15) is 20.1 Å². The topological polar surface area (TPSA) is 179 Å². The number of ether oxygens (including phenoxy) is 11. The molecular weight excluding hydrogens is 853 g/mol. The van der Waals surface area contributed by atoms with Crippen LogP contribution in [0.5, 0.6) is 0 Å². The summed E-state index contributed by atoms with van der Waals surface area (Å²) < 4.78 is 70.3. The zero-order valence-corrected chi connectivity index (χ0v) is 40.3. The van der Waals surface area contributed by atoms with Crippen LogP contribution in [-0.2, 0) is 56.9 Å². The molecule has 5 fully saturated rings. The largest absolute Gasteiger partial charge is 0.462 e. The van der Waals surface area contributed by atoms with Crippen LogP contribution in [0.15, 0.2) is 59.3 Å². The Hall–Kier alpha value is -2.35. The van der Waals surface area contributed by atoms with Crippen molar-refractivity contribution in [1.29, 1.82) is 0 Å². The summed E-state index contributed by atoms with van der Waals surface area (Å²) in [4.78, 5) is 14.6. The number of allylic oxidation sites excluding steroid dienone is 4. The molecule has 0 aromatic carbocycles. The van der Waals surface area contributed by atoms with E-state index in [1.807, 2.05) is 39.0 Å². The normalized spacial score (nSPS) is 49.2. The molecule has 6 heterocycles. The lowest BCUT2D eigenvalue weighted by Gasteiger charge is -2.53. The van der Waals surface area contributed by atoms with Gasteiger partial charge >= 0.3 is 5.97 Å². The van der Waals surface area contributed by atoms with Gasteiger partial charge in [0.05, 0.1) is 55.4 Å². The number of rotatable bonds is 8. The van der Waals surface area contributed by atoms with Crippen LogP contribution in [-0.4, -0.2) is 153 Å². The molecule has 0 aromatic rings. The molecule has 3 unspecified atom stereocenters. The highest BCUT2D eigenvalue weighted by atomic mass is 16.7. The Morgan fingerprint density at radius 3 is 2.27 bits per heavy atom. The van der Waals surface area contributed by atoms with E-state index in [0.717, 1.165) is 30.4 Å². The molecule has 8 rings (SSSR count). The summed E-state index contributed by atoms with van der Waals surface area (Å²) in [7, 11) is 4.80. The maximum absolute atomic E-state index is 14.6. The van der Waals surface area contributed by atoms with Crippen LogP contribution in [0.3, 0.4) is 0 Å². The van der Waals surface area contributed by atoms with Gasteiger partial charge < -0.3 is 67.4 Å². The number of hydrogen-bond acceptors (Lipinski definition) is 15. The lowest BCUT2D eigenvalue weighted by atomic mass is 9.70. The highest BCUT2D eigenvalue weighted by Gasteiger charge is 2.61. The van der Waals surface area contributed by atoms with Gasteiger partial charge in [-0.05, 0) is 76.0 Å².